The predicted molar refractivity (Wildman–Crippen MR) is 79.5 cm³/mol. The van der Waals surface area contributed by atoms with Crippen LogP contribution in [0.5, 0.6) is 5.88 Å². The molecule has 1 aromatic rings. The van der Waals surface area contributed by atoms with Crippen LogP contribution in [0.25, 0.3) is 0 Å². The molecule has 0 saturated heterocycles. The monoisotopic (exact) mass is 262 g/mol. The summed E-state index contributed by atoms with van der Waals surface area (Å²) in [5.74, 6) is 0.586. The molecule has 1 rings (SSSR count). The van der Waals surface area contributed by atoms with Crippen LogP contribution in [0.2, 0.25) is 0 Å². The molecule has 0 spiro atoms. The van der Waals surface area contributed by atoms with Gasteiger partial charge in [-0.2, -0.15) is 0 Å². The molecule has 0 aliphatic carbocycles. The second-order valence-electron chi connectivity index (χ2n) is 3.54. The third-order valence-electron chi connectivity index (χ3n) is 2.19. The quantitative estimate of drug-likeness (QED) is 0.464. The van der Waals surface area contributed by atoms with Crippen LogP contribution in [-0.4, -0.2) is 25.4 Å². The summed E-state index contributed by atoms with van der Waals surface area (Å²) < 4.78 is 4.98. The fraction of sp³-hybridized carbons (Fsp3) is 0.333. The Bertz CT molecular complexity index is 422. The fourth-order valence-corrected chi connectivity index (χ4v) is 1.15. The molecule has 19 heavy (non-hydrogen) atoms. The summed E-state index contributed by atoms with van der Waals surface area (Å²) in [6, 6.07) is 3.71. The smallest absolute Gasteiger partial charge is 0.213 e. The van der Waals surface area contributed by atoms with E-state index in [0.717, 1.165) is 12.0 Å². The summed E-state index contributed by atoms with van der Waals surface area (Å²) in [6.07, 6.45) is 7.96. The van der Waals surface area contributed by atoms with E-state index in [-0.39, 0.29) is 0 Å². The Morgan fingerprint density at radius 1 is 1.37 bits per heavy atom. The average Bonchev–Trinajstić information content (AvgIpc) is 2.49. The number of carbonyl (C=O) groups excluding carboxylic acids is 1. The Kier molecular flexibility index (Phi) is 8.79. The van der Waals surface area contributed by atoms with Crippen molar-refractivity contribution in [3.05, 3.63) is 42.3 Å². The first-order chi connectivity index (χ1) is 9.17. The zero-order valence-corrected chi connectivity index (χ0v) is 12.3. The Balaban J connectivity index is 0.00000154. The van der Waals surface area contributed by atoms with Crippen LogP contribution in [-0.2, 0) is 4.79 Å². The largest absolute Gasteiger partial charge is 0.481 e. The SMILES string of the molecule is CC.COc1ccc(N(C)/C=C\C=C(\C)C=O)cn1. The van der Waals surface area contributed by atoms with E-state index in [0.29, 0.717) is 11.5 Å². The molecule has 1 aromatic heterocycles. The molecule has 1 heterocycles. The van der Waals surface area contributed by atoms with Crippen molar-refractivity contribution in [1.82, 2.24) is 4.98 Å². The molecule has 0 atom stereocenters. The molecule has 0 unspecified atom stereocenters. The second kappa shape index (κ2) is 9.88. The van der Waals surface area contributed by atoms with Crippen LogP contribution in [0.1, 0.15) is 20.8 Å². The molecule has 0 fully saturated rings. The summed E-state index contributed by atoms with van der Waals surface area (Å²) in [5.41, 5.74) is 1.63. The predicted octanol–water partition coefficient (Wildman–Crippen LogP) is 3.21. The number of hydrogen-bond acceptors (Lipinski definition) is 4. The van der Waals surface area contributed by atoms with Gasteiger partial charge in [0.2, 0.25) is 5.88 Å². The van der Waals surface area contributed by atoms with Gasteiger partial charge in [-0.05, 0) is 24.6 Å². The summed E-state index contributed by atoms with van der Waals surface area (Å²) in [5, 5.41) is 0. The van der Waals surface area contributed by atoms with E-state index in [1.807, 2.05) is 44.1 Å². The van der Waals surface area contributed by atoms with Gasteiger partial charge in [-0.3, -0.25) is 4.79 Å². The zero-order chi connectivity index (χ0) is 14.7. The lowest BCUT2D eigenvalue weighted by Gasteiger charge is -2.13. The van der Waals surface area contributed by atoms with Crippen molar-refractivity contribution in [1.29, 1.82) is 0 Å². The highest BCUT2D eigenvalue weighted by Gasteiger charge is 1.97. The first-order valence-corrected chi connectivity index (χ1v) is 6.20. The number of pyridine rings is 1. The van der Waals surface area contributed by atoms with Crippen molar-refractivity contribution in [2.75, 3.05) is 19.1 Å². The van der Waals surface area contributed by atoms with Crippen LogP contribution in [0.3, 0.4) is 0 Å². The van der Waals surface area contributed by atoms with E-state index in [9.17, 15) is 4.79 Å². The van der Waals surface area contributed by atoms with E-state index in [4.69, 9.17) is 4.74 Å². The van der Waals surface area contributed by atoms with E-state index in [1.54, 1.807) is 32.4 Å². The second-order valence-corrected chi connectivity index (χ2v) is 3.54. The van der Waals surface area contributed by atoms with E-state index in [1.165, 1.54) is 0 Å². The van der Waals surface area contributed by atoms with Gasteiger partial charge in [0, 0.05) is 19.3 Å². The van der Waals surface area contributed by atoms with Crippen LogP contribution < -0.4 is 9.64 Å². The Hall–Kier alpha value is -2.10. The first kappa shape index (κ1) is 16.9. The van der Waals surface area contributed by atoms with Gasteiger partial charge in [0.25, 0.3) is 0 Å². The molecule has 0 aromatic carbocycles. The summed E-state index contributed by atoms with van der Waals surface area (Å²) >= 11 is 0. The number of ether oxygens (including phenoxy) is 1. The van der Waals surface area contributed by atoms with Gasteiger partial charge in [0.05, 0.1) is 19.0 Å². The van der Waals surface area contributed by atoms with Gasteiger partial charge in [0.1, 0.15) is 6.29 Å². The number of aldehydes is 1. The van der Waals surface area contributed by atoms with E-state index in [2.05, 4.69) is 4.98 Å². The van der Waals surface area contributed by atoms with Crippen molar-refractivity contribution in [3.8, 4) is 5.88 Å². The number of methoxy groups -OCH3 is 1. The van der Waals surface area contributed by atoms with Crippen LogP contribution in [0, 0.1) is 0 Å². The number of aromatic nitrogens is 1. The van der Waals surface area contributed by atoms with Gasteiger partial charge in [-0.1, -0.05) is 19.9 Å². The lowest BCUT2D eigenvalue weighted by molar-refractivity contribution is -0.104. The number of carbonyl (C=O) groups is 1. The van der Waals surface area contributed by atoms with Crippen molar-refractivity contribution >= 4 is 12.0 Å². The maximum absolute atomic E-state index is 10.4. The highest BCUT2D eigenvalue weighted by molar-refractivity contribution is 5.72. The Morgan fingerprint density at radius 2 is 2.05 bits per heavy atom. The topological polar surface area (TPSA) is 42.4 Å². The molecule has 4 heteroatoms. The van der Waals surface area contributed by atoms with E-state index >= 15 is 0 Å². The fourth-order valence-electron chi connectivity index (χ4n) is 1.15. The van der Waals surface area contributed by atoms with Crippen LogP contribution in [0.15, 0.2) is 42.3 Å². The van der Waals surface area contributed by atoms with Crippen molar-refractivity contribution < 1.29 is 9.53 Å². The summed E-state index contributed by atoms with van der Waals surface area (Å²) in [6.45, 7) is 5.76. The Morgan fingerprint density at radius 3 is 2.53 bits per heavy atom. The molecule has 0 saturated carbocycles. The standard InChI is InChI=1S/C13H16N2O2.C2H6/c1-11(10-16)5-4-8-15(2)12-6-7-13(17-3)14-9-12;1-2/h4-10H,1-3H3;1-2H3/b8-4-,11-5-;. The van der Waals surface area contributed by atoms with Crippen molar-refractivity contribution in [2.24, 2.45) is 0 Å². The molecule has 0 bridgehead atoms. The Labute approximate surface area is 115 Å². The number of nitrogens with zero attached hydrogens (tertiary/aromatic N) is 2. The highest BCUT2D eigenvalue weighted by Crippen LogP contribution is 2.14. The zero-order valence-electron chi connectivity index (χ0n) is 12.3. The molecule has 4 nitrogen and oxygen atoms in total. The molecule has 0 amide bonds. The third-order valence-corrected chi connectivity index (χ3v) is 2.19. The number of rotatable bonds is 5. The number of anilines is 1. The molecule has 0 aliphatic rings. The minimum atomic E-state index is 0.586. The maximum atomic E-state index is 10.4. The number of allylic oxidation sites excluding steroid dienone is 3. The molecule has 104 valence electrons. The average molecular weight is 262 g/mol. The molecule has 0 aliphatic heterocycles. The van der Waals surface area contributed by atoms with Gasteiger partial charge in [0.15, 0.2) is 0 Å². The first-order valence-electron chi connectivity index (χ1n) is 6.20. The van der Waals surface area contributed by atoms with Crippen molar-refractivity contribution in [2.45, 2.75) is 20.8 Å². The summed E-state index contributed by atoms with van der Waals surface area (Å²) in [7, 11) is 3.49. The minimum Gasteiger partial charge on any atom is -0.481 e. The number of hydrogen-bond donors (Lipinski definition) is 0. The maximum Gasteiger partial charge on any atom is 0.213 e. The molecular weight excluding hydrogens is 240 g/mol. The van der Waals surface area contributed by atoms with Gasteiger partial charge in [-0.15, -0.1) is 0 Å². The normalized spacial score (nSPS) is 10.7. The lowest BCUT2D eigenvalue weighted by atomic mass is 10.3. The van der Waals surface area contributed by atoms with Crippen molar-refractivity contribution in [3.63, 3.8) is 0 Å². The van der Waals surface area contributed by atoms with Gasteiger partial charge in [-0.25, -0.2) is 4.98 Å². The third kappa shape index (κ3) is 6.41. The van der Waals surface area contributed by atoms with Crippen LogP contribution >= 0.6 is 0 Å². The van der Waals surface area contributed by atoms with Crippen LogP contribution in [0.4, 0.5) is 5.69 Å². The molecule has 0 N–H and O–H groups in total. The summed E-state index contributed by atoms with van der Waals surface area (Å²) in [4.78, 5) is 16.4. The minimum absolute atomic E-state index is 0.586. The molecule has 0 radical (unpaired) electrons. The lowest BCUT2D eigenvalue weighted by Crippen LogP contribution is -2.07. The van der Waals surface area contributed by atoms with Gasteiger partial charge >= 0.3 is 0 Å². The van der Waals surface area contributed by atoms with Gasteiger partial charge < -0.3 is 9.64 Å². The molecular formula is C15H22N2O2. The van der Waals surface area contributed by atoms with E-state index < -0.39 is 0 Å². The highest BCUT2D eigenvalue weighted by atomic mass is 16.5.